The molecule has 0 aliphatic carbocycles. The molecule has 0 aliphatic rings. The van der Waals surface area contributed by atoms with Gasteiger partial charge in [-0.2, -0.15) is 5.10 Å². The van der Waals surface area contributed by atoms with Gasteiger partial charge in [0.25, 0.3) is 0 Å². The maximum absolute atomic E-state index is 6.21. The lowest BCUT2D eigenvalue weighted by Crippen LogP contribution is -2.26. The minimum atomic E-state index is 0.106. The van der Waals surface area contributed by atoms with E-state index >= 15 is 0 Å². The lowest BCUT2D eigenvalue weighted by atomic mass is 10.0. The molecular weight excluding hydrogens is 350 g/mol. The van der Waals surface area contributed by atoms with Gasteiger partial charge in [0, 0.05) is 22.2 Å². The number of nitrogens with one attached hydrogen (secondary N) is 1. The molecule has 0 saturated carbocycles. The standard InChI is InChI=1S/C16H21BrClN3/c1-3-6-19-16(12-9-13(17)11-14(18)10-12)15-5-7-20-21(15)8-4-2/h5,7,9-11,16,19H,3-4,6,8H2,1-2H3. The van der Waals surface area contributed by atoms with Crippen LogP contribution in [0.15, 0.2) is 34.9 Å². The summed E-state index contributed by atoms with van der Waals surface area (Å²) in [4.78, 5) is 0. The summed E-state index contributed by atoms with van der Waals surface area (Å²) in [5, 5.41) is 8.78. The molecule has 1 heterocycles. The topological polar surface area (TPSA) is 29.9 Å². The average Bonchev–Trinajstić information content (AvgIpc) is 2.87. The van der Waals surface area contributed by atoms with Gasteiger partial charge in [-0.1, -0.05) is 41.4 Å². The molecule has 21 heavy (non-hydrogen) atoms. The second-order valence-corrected chi connectivity index (χ2v) is 6.42. The SMILES string of the molecule is CCCNC(c1cc(Cl)cc(Br)c1)c1ccnn1CCC. The second-order valence-electron chi connectivity index (χ2n) is 5.07. The summed E-state index contributed by atoms with van der Waals surface area (Å²) in [6, 6.07) is 8.23. The van der Waals surface area contributed by atoms with Crippen LogP contribution < -0.4 is 5.32 Å². The average molecular weight is 371 g/mol. The molecule has 1 N–H and O–H groups in total. The fraction of sp³-hybridized carbons (Fsp3) is 0.438. The highest BCUT2D eigenvalue weighted by Crippen LogP contribution is 2.28. The van der Waals surface area contributed by atoms with E-state index in [0.29, 0.717) is 0 Å². The van der Waals surface area contributed by atoms with E-state index in [1.54, 1.807) is 0 Å². The number of hydrogen-bond acceptors (Lipinski definition) is 2. The molecule has 5 heteroatoms. The summed E-state index contributed by atoms with van der Waals surface area (Å²) >= 11 is 9.74. The summed E-state index contributed by atoms with van der Waals surface area (Å²) in [6.07, 6.45) is 4.01. The van der Waals surface area contributed by atoms with Gasteiger partial charge in [-0.05, 0) is 49.2 Å². The molecule has 3 nitrogen and oxygen atoms in total. The summed E-state index contributed by atoms with van der Waals surface area (Å²) in [7, 11) is 0. The van der Waals surface area contributed by atoms with E-state index in [2.05, 4.69) is 57.0 Å². The number of aryl methyl sites for hydroxylation is 1. The zero-order chi connectivity index (χ0) is 15.2. The Labute approximate surface area is 139 Å². The monoisotopic (exact) mass is 369 g/mol. The normalized spacial score (nSPS) is 12.6. The fourth-order valence-corrected chi connectivity index (χ4v) is 3.30. The van der Waals surface area contributed by atoms with Gasteiger partial charge in [-0.25, -0.2) is 0 Å². The van der Waals surface area contributed by atoms with Crippen molar-refractivity contribution in [3.8, 4) is 0 Å². The largest absolute Gasteiger partial charge is 0.305 e. The summed E-state index contributed by atoms with van der Waals surface area (Å²) in [5.41, 5.74) is 2.33. The lowest BCUT2D eigenvalue weighted by Gasteiger charge is -2.21. The van der Waals surface area contributed by atoms with Gasteiger partial charge >= 0.3 is 0 Å². The molecule has 0 aliphatic heterocycles. The maximum atomic E-state index is 6.21. The van der Waals surface area contributed by atoms with Crippen LogP contribution in [0.5, 0.6) is 0 Å². The van der Waals surface area contributed by atoms with Gasteiger partial charge < -0.3 is 5.32 Å². The Balaban J connectivity index is 2.39. The summed E-state index contributed by atoms with van der Waals surface area (Å²) in [6.45, 7) is 6.21. The Morgan fingerprint density at radius 1 is 1.29 bits per heavy atom. The van der Waals surface area contributed by atoms with Gasteiger partial charge in [0.1, 0.15) is 0 Å². The minimum absolute atomic E-state index is 0.106. The zero-order valence-corrected chi connectivity index (χ0v) is 14.8. The molecular formula is C16H21BrClN3. The molecule has 0 saturated heterocycles. The first-order chi connectivity index (χ1) is 10.2. The molecule has 0 fully saturated rings. The number of nitrogens with zero attached hydrogens (tertiary/aromatic N) is 2. The van der Waals surface area contributed by atoms with Gasteiger partial charge in [0.2, 0.25) is 0 Å². The van der Waals surface area contributed by atoms with E-state index in [1.165, 1.54) is 5.69 Å². The number of rotatable bonds is 7. The molecule has 2 rings (SSSR count). The third-order valence-electron chi connectivity index (χ3n) is 3.30. The predicted molar refractivity (Wildman–Crippen MR) is 91.8 cm³/mol. The van der Waals surface area contributed by atoms with Gasteiger partial charge in [0.05, 0.1) is 11.7 Å². The van der Waals surface area contributed by atoms with Crippen molar-refractivity contribution >= 4 is 27.5 Å². The zero-order valence-electron chi connectivity index (χ0n) is 12.4. The molecule has 114 valence electrons. The van der Waals surface area contributed by atoms with Crippen LogP contribution >= 0.6 is 27.5 Å². The number of hydrogen-bond donors (Lipinski definition) is 1. The molecule has 1 atom stereocenters. The van der Waals surface area contributed by atoms with E-state index in [0.717, 1.165) is 41.0 Å². The van der Waals surface area contributed by atoms with Crippen LogP contribution in [0.25, 0.3) is 0 Å². The van der Waals surface area contributed by atoms with Crippen LogP contribution in [0, 0.1) is 0 Å². The first-order valence-corrected chi connectivity index (χ1v) is 8.53. The lowest BCUT2D eigenvalue weighted by molar-refractivity contribution is 0.511. The molecule has 1 aromatic heterocycles. The predicted octanol–water partition coefficient (Wildman–Crippen LogP) is 4.80. The highest BCUT2D eigenvalue weighted by Gasteiger charge is 2.18. The quantitative estimate of drug-likeness (QED) is 0.759. The minimum Gasteiger partial charge on any atom is -0.305 e. The van der Waals surface area contributed by atoms with Crippen LogP contribution in [0.2, 0.25) is 5.02 Å². The third-order valence-corrected chi connectivity index (χ3v) is 3.97. The van der Waals surface area contributed by atoms with Crippen molar-refractivity contribution in [2.24, 2.45) is 0 Å². The van der Waals surface area contributed by atoms with E-state index in [-0.39, 0.29) is 6.04 Å². The molecule has 0 amide bonds. The van der Waals surface area contributed by atoms with E-state index in [1.807, 2.05) is 18.3 Å². The molecule has 1 aromatic carbocycles. The van der Waals surface area contributed by atoms with Crippen molar-refractivity contribution in [1.82, 2.24) is 15.1 Å². The van der Waals surface area contributed by atoms with Crippen molar-refractivity contribution in [2.75, 3.05) is 6.54 Å². The van der Waals surface area contributed by atoms with Crippen LogP contribution in [0.4, 0.5) is 0 Å². The highest BCUT2D eigenvalue weighted by atomic mass is 79.9. The first-order valence-electron chi connectivity index (χ1n) is 7.36. The van der Waals surface area contributed by atoms with Gasteiger partial charge in [-0.3, -0.25) is 4.68 Å². The molecule has 2 aromatic rings. The molecule has 0 radical (unpaired) electrons. The Hall–Kier alpha value is -0.840. The van der Waals surface area contributed by atoms with Crippen molar-refractivity contribution in [3.63, 3.8) is 0 Å². The van der Waals surface area contributed by atoms with E-state index in [9.17, 15) is 0 Å². The summed E-state index contributed by atoms with van der Waals surface area (Å²) in [5.74, 6) is 0. The number of aromatic nitrogens is 2. The molecule has 1 unspecified atom stereocenters. The maximum Gasteiger partial charge on any atom is 0.0749 e. The van der Waals surface area contributed by atoms with Crippen molar-refractivity contribution in [2.45, 2.75) is 39.3 Å². The van der Waals surface area contributed by atoms with Crippen molar-refractivity contribution in [1.29, 1.82) is 0 Å². The van der Waals surface area contributed by atoms with Crippen LogP contribution in [0.3, 0.4) is 0 Å². The highest BCUT2D eigenvalue weighted by molar-refractivity contribution is 9.10. The Morgan fingerprint density at radius 3 is 2.76 bits per heavy atom. The van der Waals surface area contributed by atoms with Crippen LogP contribution in [0.1, 0.15) is 44.0 Å². The van der Waals surface area contributed by atoms with Crippen molar-refractivity contribution in [3.05, 3.63) is 51.2 Å². The van der Waals surface area contributed by atoms with E-state index in [4.69, 9.17) is 11.6 Å². The van der Waals surface area contributed by atoms with Crippen molar-refractivity contribution < 1.29 is 0 Å². The Bertz CT molecular complexity index is 562. The second kappa shape index (κ2) is 7.97. The first kappa shape index (κ1) is 16.5. The van der Waals surface area contributed by atoms with Crippen LogP contribution in [-0.2, 0) is 6.54 Å². The van der Waals surface area contributed by atoms with Gasteiger partial charge in [0.15, 0.2) is 0 Å². The number of benzene rings is 1. The molecule has 0 bridgehead atoms. The smallest absolute Gasteiger partial charge is 0.0749 e. The third kappa shape index (κ3) is 4.31. The number of halogens is 2. The Morgan fingerprint density at radius 2 is 2.10 bits per heavy atom. The fourth-order valence-electron chi connectivity index (χ4n) is 2.41. The molecule has 0 spiro atoms. The van der Waals surface area contributed by atoms with E-state index < -0.39 is 0 Å². The van der Waals surface area contributed by atoms with Gasteiger partial charge in [-0.15, -0.1) is 0 Å². The summed E-state index contributed by atoms with van der Waals surface area (Å²) < 4.78 is 3.07. The Kier molecular flexibility index (Phi) is 6.27. The van der Waals surface area contributed by atoms with Crippen LogP contribution in [-0.4, -0.2) is 16.3 Å².